The second-order valence-electron chi connectivity index (χ2n) is 4.25. The van der Waals surface area contributed by atoms with Gasteiger partial charge in [-0.1, -0.05) is 13.8 Å². The van der Waals surface area contributed by atoms with Gasteiger partial charge in [-0.2, -0.15) is 5.10 Å². The van der Waals surface area contributed by atoms with Crippen molar-refractivity contribution in [2.45, 2.75) is 19.8 Å². The van der Waals surface area contributed by atoms with Crippen molar-refractivity contribution in [3.63, 3.8) is 0 Å². The van der Waals surface area contributed by atoms with Crippen LogP contribution in [0.2, 0.25) is 0 Å². The van der Waals surface area contributed by atoms with Crippen molar-refractivity contribution >= 4 is 11.7 Å². The van der Waals surface area contributed by atoms with Crippen molar-refractivity contribution in [2.24, 2.45) is 0 Å². The monoisotopic (exact) mass is 246 g/mol. The zero-order valence-electron chi connectivity index (χ0n) is 10.1. The minimum atomic E-state index is -0.361. The maximum atomic E-state index is 11.8. The van der Waals surface area contributed by atoms with E-state index in [0.717, 1.165) is 5.69 Å². The summed E-state index contributed by atoms with van der Waals surface area (Å²) >= 11 is 0. The van der Waals surface area contributed by atoms with Crippen LogP contribution in [0.15, 0.2) is 24.5 Å². The Morgan fingerprint density at radius 3 is 2.78 bits per heavy atom. The molecule has 0 aliphatic heterocycles. The molecule has 0 aliphatic carbocycles. The van der Waals surface area contributed by atoms with Crippen molar-refractivity contribution in [1.29, 1.82) is 0 Å². The summed E-state index contributed by atoms with van der Waals surface area (Å²) < 4.78 is 0. The van der Waals surface area contributed by atoms with Crippen LogP contribution in [0.25, 0.3) is 0 Å². The average Bonchev–Trinajstić information content (AvgIpc) is 2.77. The van der Waals surface area contributed by atoms with E-state index in [1.807, 2.05) is 13.8 Å². The Hall–Kier alpha value is -2.37. The van der Waals surface area contributed by atoms with Crippen LogP contribution < -0.4 is 5.32 Å². The molecule has 2 aromatic rings. The van der Waals surface area contributed by atoms with Gasteiger partial charge in [0, 0.05) is 18.0 Å². The molecule has 0 saturated heterocycles. The number of hydrogen-bond acceptors (Lipinski definition) is 4. The maximum absolute atomic E-state index is 11.8. The molecule has 0 aliphatic rings. The molecule has 0 saturated carbocycles. The summed E-state index contributed by atoms with van der Waals surface area (Å²) in [5.74, 6) is 0.352. The fourth-order valence-electron chi connectivity index (χ4n) is 1.44. The van der Waals surface area contributed by atoms with Gasteiger partial charge in [-0.15, -0.1) is 0 Å². The first-order chi connectivity index (χ1) is 8.56. The Morgan fingerprint density at radius 2 is 2.17 bits per heavy atom. The van der Waals surface area contributed by atoms with E-state index >= 15 is 0 Å². The Kier molecular flexibility index (Phi) is 3.27. The third kappa shape index (κ3) is 2.65. The molecule has 3 N–H and O–H groups in total. The van der Waals surface area contributed by atoms with Gasteiger partial charge in [0.15, 0.2) is 5.82 Å². The number of nitrogens with zero attached hydrogens (tertiary/aromatic N) is 2. The molecule has 0 radical (unpaired) electrons. The lowest BCUT2D eigenvalue weighted by atomic mass is 10.1. The lowest BCUT2D eigenvalue weighted by molar-refractivity contribution is 0.102. The SMILES string of the molecule is CC(C)c1cc(NC(=O)c2cncc(O)c2)n[nH]1. The molecule has 1 amide bonds. The molecule has 6 nitrogen and oxygen atoms in total. The van der Waals surface area contributed by atoms with Gasteiger partial charge in [0.1, 0.15) is 5.75 Å². The summed E-state index contributed by atoms with van der Waals surface area (Å²) in [6.07, 6.45) is 2.65. The van der Waals surface area contributed by atoms with Gasteiger partial charge < -0.3 is 10.4 Å². The molecule has 2 rings (SSSR count). The van der Waals surface area contributed by atoms with Crippen molar-refractivity contribution in [3.05, 3.63) is 35.8 Å². The van der Waals surface area contributed by atoms with Crippen LogP contribution in [0.1, 0.15) is 35.8 Å². The van der Waals surface area contributed by atoms with Crippen LogP contribution in [-0.2, 0) is 0 Å². The predicted molar refractivity (Wildman–Crippen MR) is 66.5 cm³/mol. The van der Waals surface area contributed by atoms with Crippen LogP contribution >= 0.6 is 0 Å². The molecule has 0 atom stereocenters. The summed E-state index contributed by atoms with van der Waals surface area (Å²) in [7, 11) is 0. The quantitative estimate of drug-likeness (QED) is 0.771. The Bertz CT molecular complexity index is 563. The van der Waals surface area contributed by atoms with Crippen LogP contribution in [0.5, 0.6) is 5.75 Å². The predicted octanol–water partition coefficient (Wildman–Crippen LogP) is 1.89. The number of aromatic hydroxyl groups is 1. The number of carbonyl (C=O) groups is 1. The zero-order chi connectivity index (χ0) is 13.1. The molecule has 0 unspecified atom stereocenters. The molecule has 6 heteroatoms. The van der Waals surface area contributed by atoms with Gasteiger partial charge in [-0.25, -0.2) is 0 Å². The van der Waals surface area contributed by atoms with Crippen LogP contribution in [0.3, 0.4) is 0 Å². The Labute approximate surface area is 104 Å². The van der Waals surface area contributed by atoms with Gasteiger partial charge in [-0.3, -0.25) is 14.9 Å². The van der Waals surface area contributed by atoms with Crippen LogP contribution in [-0.4, -0.2) is 26.2 Å². The van der Waals surface area contributed by atoms with E-state index in [9.17, 15) is 9.90 Å². The molecular formula is C12H14N4O2. The number of pyridine rings is 1. The fourth-order valence-corrected chi connectivity index (χ4v) is 1.44. The number of aromatic nitrogens is 3. The number of hydrogen-bond donors (Lipinski definition) is 3. The van der Waals surface area contributed by atoms with Gasteiger partial charge >= 0.3 is 0 Å². The molecule has 0 spiro atoms. The van der Waals surface area contributed by atoms with Gasteiger partial charge in [-0.05, 0) is 12.0 Å². The highest BCUT2D eigenvalue weighted by molar-refractivity contribution is 6.03. The topological polar surface area (TPSA) is 90.9 Å². The lowest BCUT2D eigenvalue weighted by Gasteiger charge is -2.01. The number of aromatic amines is 1. The van der Waals surface area contributed by atoms with E-state index in [0.29, 0.717) is 11.7 Å². The third-order valence-corrected chi connectivity index (χ3v) is 2.45. The van der Waals surface area contributed by atoms with Gasteiger partial charge in [0.05, 0.1) is 11.8 Å². The summed E-state index contributed by atoms with van der Waals surface area (Å²) in [5.41, 5.74) is 1.23. The number of rotatable bonds is 3. The molecular weight excluding hydrogens is 232 g/mol. The molecule has 0 fully saturated rings. The summed E-state index contributed by atoms with van der Waals surface area (Å²) in [6.45, 7) is 4.05. The van der Waals surface area contributed by atoms with Gasteiger partial charge in [0.25, 0.3) is 5.91 Å². The minimum Gasteiger partial charge on any atom is -0.506 e. The molecule has 0 aromatic carbocycles. The van der Waals surface area contributed by atoms with E-state index in [2.05, 4.69) is 20.5 Å². The average molecular weight is 246 g/mol. The summed E-state index contributed by atoms with van der Waals surface area (Å²) in [6, 6.07) is 3.12. The highest BCUT2D eigenvalue weighted by Crippen LogP contribution is 2.16. The van der Waals surface area contributed by atoms with Crippen molar-refractivity contribution in [2.75, 3.05) is 5.32 Å². The first-order valence-corrected chi connectivity index (χ1v) is 5.57. The Balaban J connectivity index is 2.11. The van der Waals surface area contributed by atoms with E-state index in [-0.39, 0.29) is 17.2 Å². The highest BCUT2D eigenvalue weighted by Gasteiger charge is 2.10. The van der Waals surface area contributed by atoms with E-state index in [1.165, 1.54) is 18.5 Å². The number of nitrogens with one attached hydrogen (secondary N) is 2. The highest BCUT2D eigenvalue weighted by atomic mass is 16.3. The smallest absolute Gasteiger partial charge is 0.258 e. The second-order valence-corrected chi connectivity index (χ2v) is 4.25. The van der Waals surface area contributed by atoms with E-state index in [1.54, 1.807) is 6.07 Å². The van der Waals surface area contributed by atoms with E-state index < -0.39 is 0 Å². The number of amides is 1. The second kappa shape index (κ2) is 4.87. The summed E-state index contributed by atoms with van der Waals surface area (Å²) in [5, 5.41) is 18.7. The van der Waals surface area contributed by atoms with E-state index in [4.69, 9.17) is 0 Å². The van der Waals surface area contributed by atoms with Gasteiger partial charge in [0.2, 0.25) is 0 Å². The minimum absolute atomic E-state index is 0.0486. The first kappa shape index (κ1) is 12.1. The number of H-pyrrole nitrogens is 1. The third-order valence-electron chi connectivity index (χ3n) is 2.45. The normalized spacial score (nSPS) is 10.6. The molecule has 2 aromatic heterocycles. The fraction of sp³-hybridized carbons (Fsp3) is 0.250. The van der Waals surface area contributed by atoms with Crippen LogP contribution in [0.4, 0.5) is 5.82 Å². The standard InChI is InChI=1S/C12H14N4O2/c1-7(2)10-4-11(16-15-10)14-12(18)8-3-9(17)6-13-5-8/h3-7,17H,1-2H3,(H2,14,15,16,18). The maximum Gasteiger partial charge on any atom is 0.258 e. The number of anilines is 1. The molecule has 2 heterocycles. The summed E-state index contributed by atoms with van der Waals surface area (Å²) in [4.78, 5) is 15.6. The van der Waals surface area contributed by atoms with Crippen molar-refractivity contribution < 1.29 is 9.90 Å². The molecule has 0 bridgehead atoms. The molecule has 94 valence electrons. The molecule has 18 heavy (non-hydrogen) atoms. The van der Waals surface area contributed by atoms with Crippen LogP contribution in [0, 0.1) is 0 Å². The van der Waals surface area contributed by atoms with Crippen molar-refractivity contribution in [1.82, 2.24) is 15.2 Å². The van der Waals surface area contributed by atoms with Crippen molar-refractivity contribution in [3.8, 4) is 5.75 Å². The first-order valence-electron chi connectivity index (χ1n) is 5.57. The largest absolute Gasteiger partial charge is 0.506 e. The Morgan fingerprint density at radius 1 is 1.39 bits per heavy atom. The zero-order valence-corrected chi connectivity index (χ0v) is 10.1. The number of carbonyl (C=O) groups excluding carboxylic acids is 1. The lowest BCUT2D eigenvalue weighted by Crippen LogP contribution is -2.12.